The molecule has 2 aromatic carbocycles. The molecule has 0 saturated heterocycles. The molecule has 1 aliphatic rings. The van der Waals surface area contributed by atoms with E-state index in [2.05, 4.69) is 10.6 Å². The summed E-state index contributed by atoms with van der Waals surface area (Å²) in [6, 6.07) is 10.2. The number of hydrogen-bond donors (Lipinski definition) is 2. The molecule has 2 N–H and O–H groups in total. The van der Waals surface area contributed by atoms with E-state index >= 15 is 0 Å². The van der Waals surface area contributed by atoms with Gasteiger partial charge in [-0.05, 0) is 29.8 Å². The first-order valence-electron chi connectivity index (χ1n) is 7.80. The van der Waals surface area contributed by atoms with Gasteiger partial charge in [-0.25, -0.2) is 0 Å². The van der Waals surface area contributed by atoms with Crippen molar-refractivity contribution in [3.05, 3.63) is 42.0 Å². The zero-order chi connectivity index (χ0) is 18.5. The average molecular weight is 358 g/mol. The Morgan fingerprint density at radius 1 is 1.00 bits per heavy atom. The number of amides is 2. The molecule has 0 spiro atoms. The summed E-state index contributed by atoms with van der Waals surface area (Å²) in [4.78, 5) is 24.1. The fourth-order valence-electron chi connectivity index (χ4n) is 2.39. The topological polar surface area (TPSA) is 95.1 Å². The number of carbonyl (C=O) groups is 2. The van der Waals surface area contributed by atoms with Crippen LogP contribution in [0.5, 0.6) is 23.0 Å². The minimum absolute atomic E-state index is 0.178. The predicted octanol–water partition coefficient (Wildman–Crippen LogP) is 1.69. The molecule has 2 amide bonds. The van der Waals surface area contributed by atoms with E-state index in [4.69, 9.17) is 18.9 Å². The number of rotatable bonds is 5. The molecule has 0 bridgehead atoms. The van der Waals surface area contributed by atoms with Gasteiger partial charge < -0.3 is 29.6 Å². The van der Waals surface area contributed by atoms with E-state index in [0.717, 1.165) is 5.56 Å². The molecular weight excluding hydrogens is 340 g/mol. The van der Waals surface area contributed by atoms with Crippen LogP contribution in [0.3, 0.4) is 0 Å². The molecule has 1 aliphatic heterocycles. The fraction of sp³-hybridized carbons (Fsp3) is 0.222. The Kier molecular flexibility index (Phi) is 5.12. The number of anilines is 1. The van der Waals surface area contributed by atoms with Crippen LogP contribution in [0.15, 0.2) is 36.4 Å². The van der Waals surface area contributed by atoms with Gasteiger partial charge in [0.2, 0.25) is 6.79 Å². The van der Waals surface area contributed by atoms with E-state index < -0.39 is 11.8 Å². The Bertz CT molecular complexity index is 836. The Balaban J connectivity index is 1.59. The summed E-state index contributed by atoms with van der Waals surface area (Å²) in [5.74, 6) is 0.678. The molecule has 1 heterocycles. The summed E-state index contributed by atoms with van der Waals surface area (Å²) in [7, 11) is 2.99. The van der Waals surface area contributed by atoms with Crippen molar-refractivity contribution < 1.29 is 28.5 Å². The van der Waals surface area contributed by atoms with Gasteiger partial charge in [-0.1, -0.05) is 6.07 Å². The number of ether oxygens (including phenoxy) is 4. The van der Waals surface area contributed by atoms with Crippen LogP contribution in [-0.2, 0) is 16.1 Å². The van der Waals surface area contributed by atoms with E-state index in [1.807, 2.05) is 0 Å². The van der Waals surface area contributed by atoms with E-state index in [9.17, 15) is 9.59 Å². The normalized spacial score (nSPS) is 11.6. The zero-order valence-electron chi connectivity index (χ0n) is 14.3. The number of carbonyl (C=O) groups excluding carboxylic acids is 2. The highest BCUT2D eigenvalue weighted by Gasteiger charge is 2.17. The lowest BCUT2D eigenvalue weighted by Crippen LogP contribution is -2.35. The van der Waals surface area contributed by atoms with Gasteiger partial charge in [0, 0.05) is 12.6 Å². The molecule has 0 atom stereocenters. The van der Waals surface area contributed by atoms with Crippen molar-refractivity contribution in [1.82, 2.24) is 5.32 Å². The van der Waals surface area contributed by atoms with Crippen molar-refractivity contribution in [2.45, 2.75) is 6.54 Å². The minimum atomic E-state index is -0.797. The monoisotopic (exact) mass is 358 g/mol. The second-order valence-corrected chi connectivity index (χ2v) is 5.39. The SMILES string of the molecule is COc1ccc(NC(=O)C(=O)NCc2ccc3c(c2)OCO3)c(OC)c1. The van der Waals surface area contributed by atoms with Crippen molar-refractivity contribution in [2.24, 2.45) is 0 Å². The maximum atomic E-state index is 12.1. The van der Waals surface area contributed by atoms with Gasteiger partial charge in [-0.15, -0.1) is 0 Å². The predicted molar refractivity (Wildman–Crippen MR) is 92.6 cm³/mol. The van der Waals surface area contributed by atoms with Crippen LogP contribution in [-0.4, -0.2) is 32.8 Å². The maximum absolute atomic E-state index is 12.1. The molecule has 3 rings (SSSR count). The Morgan fingerprint density at radius 2 is 1.81 bits per heavy atom. The van der Waals surface area contributed by atoms with E-state index in [1.54, 1.807) is 36.4 Å². The molecule has 8 nitrogen and oxygen atoms in total. The zero-order valence-corrected chi connectivity index (χ0v) is 14.3. The lowest BCUT2D eigenvalue weighted by molar-refractivity contribution is -0.136. The molecule has 26 heavy (non-hydrogen) atoms. The summed E-state index contributed by atoms with van der Waals surface area (Å²) >= 11 is 0. The van der Waals surface area contributed by atoms with Crippen molar-refractivity contribution in [3.8, 4) is 23.0 Å². The van der Waals surface area contributed by atoms with Crippen LogP contribution in [0.25, 0.3) is 0 Å². The van der Waals surface area contributed by atoms with Crippen molar-refractivity contribution in [1.29, 1.82) is 0 Å². The van der Waals surface area contributed by atoms with E-state index in [0.29, 0.717) is 28.7 Å². The van der Waals surface area contributed by atoms with Crippen LogP contribution in [0, 0.1) is 0 Å². The van der Waals surface area contributed by atoms with Gasteiger partial charge >= 0.3 is 11.8 Å². The van der Waals surface area contributed by atoms with Gasteiger partial charge in [0.1, 0.15) is 11.5 Å². The summed E-state index contributed by atoms with van der Waals surface area (Å²) in [5, 5.41) is 5.07. The van der Waals surface area contributed by atoms with Gasteiger partial charge in [0.05, 0.1) is 19.9 Å². The summed E-state index contributed by atoms with van der Waals surface area (Å²) in [6.45, 7) is 0.361. The number of nitrogens with one attached hydrogen (secondary N) is 2. The molecule has 0 aromatic heterocycles. The van der Waals surface area contributed by atoms with E-state index in [-0.39, 0.29) is 13.3 Å². The number of benzene rings is 2. The van der Waals surface area contributed by atoms with Gasteiger partial charge in [-0.2, -0.15) is 0 Å². The van der Waals surface area contributed by atoms with Gasteiger partial charge in [-0.3, -0.25) is 9.59 Å². The molecule has 2 aromatic rings. The highest BCUT2D eigenvalue weighted by Crippen LogP contribution is 2.32. The number of fused-ring (bicyclic) bond motifs is 1. The Hall–Kier alpha value is -3.42. The van der Waals surface area contributed by atoms with Crippen LogP contribution in [0.4, 0.5) is 5.69 Å². The first kappa shape index (κ1) is 17.4. The van der Waals surface area contributed by atoms with Crippen molar-refractivity contribution >= 4 is 17.5 Å². The Labute approximate surface area is 150 Å². The van der Waals surface area contributed by atoms with Crippen molar-refractivity contribution in [3.63, 3.8) is 0 Å². The number of methoxy groups -OCH3 is 2. The van der Waals surface area contributed by atoms with Gasteiger partial charge in [0.25, 0.3) is 0 Å². The smallest absolute Gasteiger partial charge is 0.313 e. The van der Waals surface area contributed by atoms with Crippen molar-refractivity contribution in [2.75, 3.05) is 26.3 Å². The third-order valence-electron chi connectivity index (χ3n) is 3.75. The van der Waals surface area contributed by atoms with E-state index in [1.165, 1.54) is 14.2 Å². The molecule has 0 radical (unpaired) electrons. The molecule has 136 valence electrons. The summed E-state index contributed by atoms with van der Waals surface area (Å²) < 4.78 is 20.8. The average Bonchev–Trinajstić information content (AvgIpc) is 3.14. The lowest BCUT2D eigenvalue weighted by Gasteiger charge is -2.11. The molecule has 8 heteroatoms. The number of hydrogen-bond acceptors (Lipinski definition) is 6. The molecule has 0 fully saturated rings. The Morgan fingerprint density at radius 3 is 2.58 bits per heavy atom. The van der Waals surface area contributed by atoms with Gasteiger partial charge in [0.15, 0.2) is 11.5 Å². The highest BCUT2D eigenvalue weighted by atomic mass is 16.7. The largest absolute Gasteiger partial charge is 0.497 e. The van der Waals surface area contributed by atoms with Crippen LogP contribution >= 0.6 is 0 Å². The summed E-state index contributed by atoms with van der Waals surface area (Å²) in [5.41, 5.74) is 1.16. The first-order chi connectivity index (χ1) is 12.6. The molecule has 0 unspecified atom stereocenters. The third kappa shape index (κ3) is 3.80. The fourth-order valence-corrected chi connectivity index (χ4v) is 2.39. The second kappa shape index (κ2) is 7.64. The maximum Gasteiger partial charge on any atom is 0.313 e. The lowest BCUT2D eigenvalue weighted by atomic mass is 10.2. The molecular formula is C18H18N2O6. The van der Waals surface area contributed by atoms with Crippen LogP contribution in [0.2, 0.25) is 0 Å². The minimum Gasteiger partial charge on any atom is -0.497 e. The van der Waals surface area contributed by atoms with Crippen LogP contribution < -0.4 is 29.6 Å². The molecule has 0 saturated carbocycles. The first-order valence-corrected chi connectivity index (χ1v) is 7.80. The third-order valence-corrected chi connectivity index (χ3v) is 3.75. The summed E-state index contributed by atoms with van der Waals surface area (Å²) in [6.07, 6.45) is 0. The second-order valence-electron chi connectivity index (χ2n) is 5.39. The molecule has 0 aliphatic carbocycles. The quantitative estimate of drug-likeness (QED) is 0.790. The highest BCUT2D eigenvalue weighted by molar-refractivity contribution is 6.39. The standard InChI is InChI=1S/C18H18N2O6/c1-23-12-4-5-13(15(8-12)24-2)20-18(22)17(21)19-9-11-3-6-14-16(7-11)26-10-25-14/h3-8H,9-10H2,1-2H3,(H,19,21)(H,20,22). The van der Waals surface area contributed by atoms with Crippen LogP contribution in [0.1, 0.15) is 5.56 Å².